The van der Waals surface area contributed by atoms with Gasteiger partial charge in [0.25, 0.3) is 11.8 Å². The molecule has 0 saturated carbocycles. The molecule has 0 spiro atoms. The molecule has 2 aromatic rings. The first-order chi connectivity index (χ1) is 10.1. The van der Waals surface area contributed by atoms with Gasteiger partial charge in [-0.05, 0) is 24.3 Å². The summed E-state index contributed by atoms with van der Waals surface area (Å²) in [5.41, 5.74) is -0.0904. The molecule has 110 valence electrons. The fourth-order valence-electron chi connectivity index (χ4n) is 1.60. The summed E-state index contributed by atoms with van der Waals surface area (Å²) in [6.07, 6.45) is 1.43. The molecule has 1 heterocycles. The van der Waals surface area contributed by atoms with Crippen LogP contribution >= 0.6 is 0 Å². The zero-order chi connectivity index (χ0) is 15.2. The number of H-pyrrole nitrogens is 1. The molecular weight excluding hydrogens is 282 g/mol. The van der Waals surface area contributed by atoms with E-state index in [1.807, 2.05) is 0 Å². The van der Waals surface area contributed by atoms with Crippen molar-refractivity contribution in [3.63, 3.8) is 0 Å². The normalized spacial score (nSPS) is 10.2. The van der Waals surface area contributed by atoms with Crippen molar-refractivity contribution >= 4 is 11.8 Å². The Labute approximate surface area is 118 Å². The Morgan fingerprint density at radius 3 is 2.48 bits per heavy atom. The number of nitrogens with zero attached hydrogens (tertiary/aromatic N) is 1. The topological polar surface area (TPSA) is 86.9 Å². The smallest absolute Gasteiger partial charge is 0.269 e. The number of aromatic nitrogens is 2. The fourth-order valence-corrected chi connectivity index (χ4v) is 1.60. The Morgan fingerprint density at radius 2 is 1.81 bits per heavy atom. The lowest BCUT2D eigenvalue weighted by molar-refractivity contribution is 0.0923. The highest BCUT2D eigenvalue weighted by atomic mass is 19.1. The van der Waals surface area contributed by atoms with Crippen LogP contribution in [0, 0.1) is 11.6 Å². The first-order valence-electron chi connectivity index (χ1n) is 6.09. The van der Waals surface area contributed by atoms with E-state index in [1.165, 1.54) is 12.3 Å². The van der Waals surface area contributed by atoms with Gasteiger partial charge in [0.1, 0.15) is 17.3 Å². The van der Waals surface area contributed by atoms with Gasteiger partial charge in [-0.15, -0.1) is 0 Å². The average molecular weight is 294 g/mol. The summed E-state index contributed by atoms with van der Waals surface area (Å²) >= 11 is 0. The molecule has 0 atom stereocenters. The molecule has 1 aromatic heterocycles. The van der Waals surface area contributed by atoms with Crippen molar-refractivity contribution in [3.05, 3.63) is 53.4 Å². The third kappa shape index (κ3) is 3.85. The zero-order valence-corrected chi connectivity index (χ0v) is 10.8. The van der Waals surface area contributed by atoms with Gasteiger partial charge in [-0.25, -0.2) is 8.78 Å². The van der Waals surface area contributed by atoms with E-state index < -0.39 is 17.5 Å². The number of benzene rings is 1. The standard InChI is InChI=1S/C13H12F2N4O2/c14-8-1-2-10(15)9(7-8)12(20)16-5-6-17-13(21)11-3-4-18-19-11/h1-4,7H,5-6H2,(H,16,20)(H,17,21)(H,18,19). The molecule has 0 bridgehead atoms. The minimum absolute atomic E-state index is 0.0780. The van der Waals surface area contributed by atoms with Crippen molar-refractivity contribution in [2.24, 2.45) is 0 Å². The SMILES string of the molecule is O=C(NCCNC(=O)c1cc(F)ccc1F)c1ccn[nH]1. The number of rotatable bonds is 5. The van der Waals surface area contributed by atoms with Crippen molar-refractivity contribution in [2.75, 3.05) is 13.1 Å². The second kappa shape index (κ2) is 6.60. The molecule has 0 radical (unpaired) electrons. The van der Waals surface area contributed by atoms with Crippen LogP contribution in [-0.4, -0.2) is 35.1 Å². The van der Waals surface area contributed by atoms with Crippen molar-refractivity contribution < 1.29 is 18.4 Å². The predicted octanol–water partition coefficient (Wildman–Crippen LogP) is 0.848. The van der Waals surface area contributed by atoms with E-state index in [4.69, 9.17) is 0 Å². The number of aromatic amines is 1. The van der Waals surface area contributed by atoms with Crippen LogP contribution in [0.5, 0.6) is 0 Å². The van der Waals surface area contributed by atoms with E-state index in [1.54, 1.807) is 0 Å². The highest BCUT2D eigenvalue weighted by Gasteiger charge is 2.12. The first-order valence-corrected chi connectivity index (χ1v) is 6.09. The Bertz CT molecular complexity index is 644. The second-order valence-electron chi connectivity index (χ2n) is 4.11. The van der Waals surface area contributed by atoms with Crippen LogP contribution in [0.15, 0.2) is 30.5 Å². The number of carbonyl (C=O) groups is 2. The molecule has 3 N–H and O–H groups in total. The van der Waals surface area contributed by atoms with Gasteiger partial charge < -0.3 is 10.6 Å². The molecule has 0 aliphatic heterocycles. The van der Waals surface area contributed by atoms with Crippen molar-refractivity contribution in [3.8, 4) is 0 Å². The lowest BCUT2D eigenvalue weighted by atomic mass is 10.2. The van der Waals surface area contributed by atoms with Crippen LogP contribution < -0.4 is 10.6 Å². The lowest BCUT2D eigenvalue weighted by Gasteiger charge is -2.07. The van der Waals surface area contributed by atoms with Crippen LogP contribution in [0.25, 0.3) is 0 Å². The molecule has 6 nitrogen and oxygen atoms in total. The molecule has 0 aliphatic carbocycles. The van der Waals surface area contributed by atoms with Gasteiger partial charge in [0.05, 0.1) is 5.56 Å². The van der Waals surface area contributed by atoms with Crippen molar-refractivity contribution in [1.82, 2.24) is 20.8 Å². The summed E-state index contributed by atoms with van der Waals surface area (Å²) in [6.45, 7) is 0.217. The van der Waals surface area contributed by atoms with Gasteiger partial charge in [-0.1, -0.05) is 0 Å². The molecule has 0 aliphatic rings. The van der Waals surface area contributed by atoms with Gasteiger partial charge in [0.2, 0.25) is 0 Å². The van der Waals surface area contributed by atoms with Crippen molar-refractivity contribution in [1.29, 1.82) is 0 Å². The van der Waals surface area contributed by atoms with E-state index in [0.717, 1.165) is 18.2 Å². The Hall–Kier alpha value is -2.77. The molecule has 2 amide bonds. The average Bonchev–Trinajstić information content (AvgIpc) is 3.00. The van der Waals surface area contributed by atoms with Crippen molar-refractivity contribution in [2.45, 2.75) is 0 Å². The third-order valence-electron chi connectivity index (χ3n) is 2.61. The molecule has 0 saturated heterocycles. The Kier molecular flexibility index (Phi) is 4.60. The molecule has 2 rings (SSSR count). The number of amides is 2. The number of hydrogen-bond acceptors (Lipinski definition) is 3. The van der Waals surface area contributed by atoms with Crippen LogP contribution in [0.2, 0.25) is 0 Å². The quantitative estimate of drug-likeness (QED) is 0.714. The highest BCUT2D eigenvalue weighted by molar-refractivity contribution is 5.94. The summed E-state index contributed by atoms with van der Waals surface area (Å²) in [5, 5.41) is 11.0. The molecular formula is C13H12F2N4O2. The van der Waals surface area contributed by atoms with Gasteiger partial charge in [0, 0.05) is 19.3 Å². The van der Waals surface area contributed by atoms with E-state index >= 15 is 0 Å². The van der Waals surface area contributed by atoms with Crippen LogP contribution in [-0.2, 0) is 0 Å². The summed E-state index contributed by atoms with van der Waals surface area (Å²) in [5.74, 6) is -2.63. The minimum Gasteiger partial charge on any atom is -0.350 e. The number of carbonyl (C=O) groups excluding carboxylic acids is 2. The summed E-state index contributed by atoms with van der Waals surface area (Å²) < 4.78 is 26.3. The lowest BCUT2D eigenvalue weighted by Crippen LogP contribution is -2.35. The fraction of sp³-hybridized carbons (Fsp3) is 0.154. The molecule has 8 heteroatoms. The highest BCUT2D eigenvalue weighted by Crippen LogP contribution is 2.09. The van der Waals surface area contributed by atoms with Gasteiger partial charge in [-0.2, -0.15) is 5.10 Å². The van der Waals surface area contributed by atoms with E-state index in [-0.39, 0.29) is 30.3 Å². The maximum atomic E-state index is 13.3. The molecule has 21 heavy (non-hydrogen) atoms. The summed E-state index contributed by atoms with van der Waals surface area (Å²) in [7, 11) is 0. The number of hydrogen-bond donors (Lipinski definition) is 3. The second-order valence-corrected chi connectivity index (χ2v) is 4.11. The van der Waals surface area contributed by atoms with Crippen LogP contribution in [0.1, 0.15) is 20.8 Å². The maximum Gasteiger partial charge on any atom is 0.269 e. The van der Waals surface area contributed by atoms with Gasteiger partial charge in [0.15, 0.2) is 0 Å². The number of nitrogens with one attached hydrogen (secondary N) is 3. The molecule has 0 unspecified atom stereocenters. The predicted molar refractivity (Wildman–Crippen MR) is 69.6 cm³/mol. The Morgan fingerprint density at radius 1 is 1.10 bits per heavy atom. The molecule has 1 aromatic carbocycles. The first kappa shape index (κ1) is 14.6. The largest absolute Gasteiger partial charge is 0.350 e. The number of halogens is 2. The van der Waals surface area contributed by atoms with Crippen LogP contribution in [0.4, 0.5) is 8.78 Å². The maximum absolute atomic E-state index is 13.3. The summed E-state index contributed by atoms with van der Waals surface area (Å²) in [4.78, 5) is 23.2. The third-order valence-corrected chi connectivity index (χ3v) is 2.61. The zero-order valence-electron chi connectivity index (χ0n) is 10.8. The van der Waals surface area contributed by atoms with E-state index in [0.29, 0.717) is 0 Å². The van der Waals surface area contributed by atoms with Gasteiger partial charge in [-0.3, -0.25) is 14.7 Å². The molecule has 0 fully saturated rings. The van der Waals surface area contributed by atoms with E-state index in [9.17, 15) is 18.4 Å². The minimum atomic E-state index is -0.810. The monoisotopic (exact) mass is 294 g/mol. The van der Waals surface area contributed by atoms with Gasteiger partial charge >= 0.3 is 0 Å². The summed E-state index contributed by atoms with van der Waals surface area (Å²) in [6, 6.07) is 4.12. The van der Waals surface area contributed by atoms with Crippen LogP contribution in [0.3, 0.4) is 0 Å². The van der Waals surface area contributed by atoms with E-state index in [2.05, 4.69) is 20.8 Å². The Balaban J connectivity index is 1.79.